The number of ether oxygens (including phenoxy) is 2. The van der Waals surface area contributed by atoms with Crippen LogP contribution in [0.15, 0.2) is 60.3 Å². The lowest BCUT2D eigenvalue weighted by atomic mass is 10.1. The van der Waals surface area contributed by atoms with Crippen molar-refractivity contribution < 1.29 is 23.9 Å². The number of methoxy groups -OCH3 is 1. The number of esters is 2. The van der Waals surface area contributed by atoms with Crippen LogP contribution in [0.3, 0.4) is 0 Å². The van der Waals surface area contributed by atoms with E-state index in [0.29, 0.717) is 11.1 Å². The zero-order chi connectivity index (χ0) is 18.9. The highest BCUT2D eigenvalue weighted by Crippen LogP contribution is 2.10. The Morgan fingerprint density at radius 3 is 2.23 bits per heavy atom. The average Bonchev–Trinajstić information content (AvgIpc) is 2.66. The van der Waals surface area contributed by atoms with Gasteiger partial charge in [0.05, 0.1) is 12.7 Å². The second-order valence-corrected chi connectivity index (χ2v) is 5.41. The molecule has 0 saturated carbocycles. The van der Waals surface area contributed by atoms with Crippen molar-refractivity contribution in [2.75, 3.05) is 7.11 Å². The third kappa shape index (κ3) is 5.59. The summed E-state index contributed by atoms with van der Waals surface area (Å²) >= 11 is 0. The fourth-order valence-corrected chi connectivity index (χ4v) is 2.13. The second-order valence-electron chi connectivity index (χ2n) is 5.41. The van der Waals surface area contributed by atoms with Crippen molar-refractivity contribution in [1.29, 1.82) is 0 Å². The summed E-state index contributed by atoms with van der Waals surface area (Å²) in [6, 6.07) is 15.6. The standard InChI is InChI=1S/C20H19NO5/c1-14(22)21-18(12-15-6-4-3-5-7-15)20(24)26-13-16-8-10-17(11-9-16)19(23)25-2/h3-12H,13H2,1-2H3,(H,21,22)/b18-12+. The molecule has 0 aliphatic carbocycles. The molecule has 2 rings (SSSR count). The molecule has 1 N–H and O–H groups in total. The lowest BCUT2D eigenvalue weighted by molar-refractivity contribution is -0.141. The van der Waals surface area contributed by atoms with E-state index in [9.17, 15) is 14.4 Å². The minimum absolute atomic E-state index is 0.00595. The minimum Gasteiger partial charge on any atom is -0.465 e. The zero-order valence-electron chi connectivity index (χ0n) is 14.5. The molecule has 134 valence electrons. The van der Waals surface area contributed by atoms with Gasteiger partial charge >= 0.3 is 11.9 Å². The molecule has 6 nitrogen and oxygen atoms in total. The lowest BCUT2D eigenvalue weighted by Gasteiger charge is -2.09. The first-order chi connectivity index (χ1) is 12.5. The van der Waals surface area contributed by atoms with Crippen LogP contribution in [0.25, 0.3) is 6.08 Å². The Hall–Kier alpha value is -3.41. The predicted octanol–water partition coefficient (Wildman–Crippen LogP) is 2.69. The number of hydrogen-bond donors (Lipinski definition) is 1. The Balaban J connectivity index is 2.06. The van der Waals surface area contributed by atoms with Gasteiger partial charge in [0.25, 0.3) is 0 Å². The summed E-state index contributed by atoms with van der Waals surface area (Å²) in [4.78, 5) is 35.0. The second kappa shape index (κ2) is 9.17. The van der Waals surface area contributed by atoms with Crippen LogP contribution >= 0.6 is 0 Å². The molecule has 2 aromatic carbocycles. The number of nitrogens with one attached hydrogen (secondary N) is 1. The molecular formula is C20H19NO5. The maximum Gasteiger partial charge on any atom is 0.355 e. The smallest absolute Gasteiger partial charge is 0.355 e. The summed E-state index contributed by atoms with van der Waals surface area (Å²) in [5.41, 5.74) is 1.92. The fraction of sp³-hybridized carbons (Fsp3) is 0.150. The largest absolute Gasteiger partial charge is 0.465 e. The van der Waals surface area contributed by atoms with E-state index in [0.717, 1.165) is 5.56 Å². The van der Waals surface area contributed by atoms with Gasteiger partial charge in [0, 0.05) is 6.92 Å². The molecule has 0 aromatic heterocycles. The van der Waals surface area contributed by atoms with E-state index in [4.69, 9.17) is 4.74 Å². The van der Waals surface area contributed by atoms with E-state index in [1.54, 1.807) is 42.5 Å². The SMILES string of the molecule is COC(=O)c1ccc(COC(=O)/C(=C\c2ccccc2)NC(C)=O)cc1. The summed E-state index contributed by atoms with van der Waals surface area (Å²) < 4.78 is 9.88. The van der Waals surface area contributed by atoms with E-state index < -0.39 is 11.9 Å². The van der Waals surface area contributed by atoms with E-state index in [1.807, 2.05) is 18.2 Å². The van der Waals surface area contributed by atoms with Gasteiger partial charge in [-0.3, -0.25) is 4.79 Å². The summed E-state index contributed by atoms with van der Waals surface area (Å²) in [6.45, 7) is 1.32. The monoisotopic (exact) mass is 353 g/mol. The van der Waals surface area contributed by atoms with Gasteiger partial charge in [0.15, 0.2) is 0 Å². The third-order valence-electron chi connectivity index (χ3n) is 3.39. The third-order valence-corrected chi connectivity index (χ3v) is 3.39. The van der Waals surface area contributed by atoms with Crippen LogP contribution < -0.4 is 5.32 Å². The molecule has 0 saturated heterocycles. The van der Waals surface area contributed by atoms with E-state index in [1.165, 1.54) is 14.0 Å². The van der Waals surface area contributed by atoms with Crippen LogP contribution in [0.4, 0.5) is 0 Å². The van der Waals surface area contributed by atoms with Crippen LogP contribution in [0.1, 0.15) is 28.4 Å². The molecular weight excluding hydrogens is 334 g/mol. The van der Waals surface area contributed by atoms with Gasteiger partial charge in [-0.15, -0.1) is 0 Å². The maximum atomic E-state index is 12.3. The molecule has 26 heavy (non-hydrogen) atoms. The van der Waals surface area contributed by atoms with Gasteiger partial charge in [-0.25, -0.2) is 9.59 Å². The van der Waals surface area contributed by atoms with Crippen LogP contribution in [0.2, 0.25) is 0 Å². The number of carbonyl (C=O) groups is 3. The number of hydrogen-bond acceptors (Lipinski definition) is 5. The molecule has 0 spiro atoms. The van der Waals surface area contributed by atoms with Crippen molar-refractivity contribution in [3.8, 4) is 0 Å². The van der Waals surface area contributed by atoms with Crippen LogP contribution in [0.5, 0.6) is 0 Å². The number of benzene rings is 2. The van der Waals surface area contributed by atoms with Crippen molar-refractivity contribution in [2.24, 2.45) is 0 Å². The molecule has 0 aliphatic rings. The molecule has 0 aliphatic heterocycles. The lowest BCUT2D eigenvalue weighted by Crippen LogP contribution is -2.26. The van der Waals surface area contributed by atoms with E-state index in [2.05, 4.69) is 10.1 Å². The van der Waals surface area contributed by atoms with Gasteiger partial charge in [0.2, 0.25) is 5.91 Å². The number of rotatable bonds is 6. The summed E-state index contributed by atoms with van der Waals surface area (Å²) in [6.07, 6.45) is 1.55. The van der Waals surface area contributed by atoms with Crippen molar-refractivity contribution in [1.82, 2.24) is 5.32 Å². The first-order valence-corrected chi connectivity index (χ1v) is 7.88. The summed E-state index contributed by atoms with van der Waals surface area (Å²) in [5.74, 6) is -1.46. The van der Waals surface area contributed by atoms with Gasteiger partial charge in [-0.05, 0) is 29.3 Å². The van der Waals surface area contributed by atoms with Gasteiger partial charge in [0.1, 0.15) is 12.3 Å². The first kappa shape index (κ1) is 18.9. The van der Waals surface area contributed by atoms with Crippen LogP contribution in [-0.4, -0.2) is 25.0 Å². The fourth-order valence-electron chi connectivity index (χ4n) is 2.13. The first-order valence-electron chi connectivity index (χ1n) is 7.88. The Labute approximate surface area is 151 Å². The highest BCUT2D eigenvalue weighted by Gasteiger charge is 2.13. The topological polar surface area (TPSA) is 81.7 Å². The van der Waals surface area contributed by atoms with Crippen LogP contribution in [-0.2, 0) is 25.7 Å². The molecule has 0 fully saturated rings. The Kier molecular flexibility index (Phi) is 6.68. The molecule has 1 amide bonds. The Morgan fingerprint density at radius 2 is 1.65 bits per heavy atom. The number of carbonyl (C=O) groups excluding carboxylic acids is 3. The van der Waals surface area contributed by atoms with Gasteiger partial charge in [-0.2, -0.15) is 0 Å². The molecule has 6 heteroatoms. The predicted molar refractivity (Wildman–Crippen MR) is 95.8 cm³/mol. The van der Waals surface area contributed by atoms with Crippen LogP contribution in [0, 0.1) is 0 Å². The van der Waals surface area contributed by atoms with E-state index >= 15 is 0 Å². The Bertz CT molecular complexity index is 810. The van der Waals surface area contributed by atoms with Crippen molar-refractivity contribution in [3.05, 3.63) is 77.0 Å². The van der Waals surface area contributed by atoms with Gasteiger partial charge < -0.3 is 14.8 Å². The minimum atomic E-state index is -0.652. The highest BCUT2D eigenvalue weighted by atomic mass is 16.5. The van der Waals surface area contributed by atoms with Crippen molar-refractivity contribution in [3.63, 3.8) is 0 Å². The quantitative estimate of drug-likeness (QED) is 0.638. The zero-order valence-corrected chi connectivity index (χ0v) is 14.5. The molecule has 2 aromatic rings. The maximum absolute atomic E-state index is 12.3. The molecule has 0 unspecified atom stereocenters. The molecule has 0 atom stereocenters. The van der Waals surface area contributed by atoms with Gasteiger partial charge in [-0.1, -0.05) is 42.5 Å². The van der Waals surface area contributed by atoms with Crippen molar-refractivity contribution in [2.45, 2.75) is 13.5 Å². The summed E-state index contributed by atoms with van der Waals surface area (Å²) in [7, 11) is 1.31. The number of amides is 1. The summed E-state index contributed by atoms with van der Waals surface area (Å²) in [5, 5.41) is 2.48. The molecule has 0 bridgehead atoms. The highest BCUT2D eigenvalue weighted by molar-refractivity contribution is 5.97. The average molecular weight is 353 g/mol. The molecule has 0 radical (unpaired) electrons. The van der Waals surface area contributed by atoms with E-state index in [-0.39, 0.29) is 18.2 Å². The molecule has 0 heterocycles. The van der Waals surface area contributed by atoms with Crippen molar-refractivity contribution >= 4 is 23.9 Å². The Morgan fingerprint density at radius 1 is 1.00 bits per heavy atom. The normalized spacial score (nSPS) is 10.8.